The van der Waals surface area contributed by atoms with E-state index in [4.69, 9.17) is 18.5 Å². The molecule has 0 heterocycles. The van der Waals surface area contributed by atoms with Gasteiger partial charge < -0.3 is 14.4 Å². The van der Waals surface area contributed by atoms with Crippen molar-refractivity contribution in [2.45, 2.75) is 175 Å². The molecule has 274 valence electrons. The molecule has 8 nitrogen and oxygen atoms in total. The number of carbonyl (C=O) groups is 2. The van der Waals surface area contributed by atoms with Crippen molar-refractivity contribution >= 4 is 19.8 Å². The number of carbonyl (C=O) groups excluding carboxylic acids is 2. The van der Waals surface area contributed by atoms with Crippen LogP contribution in [0.4, 0.5) is 0 Å². The van der Waals surface area contributed by atoms with Crippen molar-refractivity contribution < 1.29 is 37.6 Å². The molecular weight excluding hydrogens is 615 g/mol. The SMILES string of the molecule is CC/C=C\C/C=C\C/C=C\CCCCCCCC(=O)OC(COC(=O)CCCCCCCCCCCCCC)COP(=O)(O)OCC. The maximum absolute atomic E-state index is 12.5. The fourth-order valence-corrected chi connectivity index (χ4v) is 5.75. The molecule has 2 unspecified atom stereocenters. The maximum Gasteiger partial charge on any atom is 0.472 e. The summed E-state index contributed by atoms with van der Waals surface area (Å²) in [6, 6.07) is 0. The Bertz CT molecular complexity index is 870. The largest absolute Gasteiger partial charge is 0.472 e. The second-order valence-corrected chi connectivity index (χ2v) is 13.7. The maximum atomic E-state index is 12.5. The van der Waals surface area contributed by atoms with Gasteiger partial charge in [0.2, 0.25) is 0 Å². The molecule has 0 saturated heterocycles. The van der Waals surface area contributed by atoms with Crippen molar-refractivity contribution in [1.29, 1.82) is 0 Å². The molecule has 0 aromatic rings. The molecule has 0 spiro atoms. The Labute approximate surface area is 287 Å². The molecule has 47 heavy (non-hydrogen) atoms. The molecule has 9 heteroatoms. The molecular formula is C38H69O8P. The Balaban J connectivity index is 4.19. The molecule has 0 aromatic heterocycles. The van der Waals surface area contributed by atoms with Crippen LogP contribution >= 0.6 is 7.82 Å². The van der Waals surface area contributed by atoms with Crippen molar-refractivity contribution in [3.05, 3.63) is 36.5 Å². The first-order valence-electron chi connectivity index (χ1n) is 18.8. The molecule has 0 aliphatic heterocycles. The molecule has 0 rings (SSSR count). The number of phosphoric ester groups is 1. The Morgan fingerprint density at radius 1 is 0.596 bits per heavy atom. The quantitative estimate of drug-likeness (QED) is 0.0309. The number of rotatable bonds is 34. The van der Waals surface area contributed by atoms with E-state index in [1.165, 1.54) is 57.8 Å². The van der Waals surface area contributed by atoms with Crippen molar-refractivity contribution in [1.82, 2.24) is 0 Å². The summed E-state index contributed by atoms with van der Waals surface area (Å²) in [6.07, 6.45) is 36.2. The predicted octanol–water partition coefficient (Wildman–Crippen LogP) is 11.3. The molecule has 0 radical (unpaired) electrons. The first-order valence-corrected chi connectivity index (χ1v) is 20.3. The molecule has 0 aromatic carbocycles. The lowest BCUT2D eigenvalue weighted by atomic mass is 10.0. The zero-order chi connectivity index (χ0) is 34.7. The predicted molar refractivity (Wildman–Crippen MR) is 193 cm³/mol. The highest BCUT2D eigenvalue weighted by molar-refractivity contribution is 7.47. The van der Waals surface area contributed by atoms with Crippen LogP contribution in [0.15, 0.2) is 36.5 Å². The van der Waals surface area contributed by atoms with Crippen molar-refractivity contribution in [3.8, 4) is 0 Å². The Kier molecular flexibility index (Phi) is 32.9. The van der Waals surface area contributed by atoms with E-state index in [0.717, 1.165) is 70.6 Å². The smallest absolute Gasteiger partial charge is 0.462 e. The minimum Gasteiger partial charge on any atom is -0.462 e. The standard InChI is InChI=1S/C38H69O8P/c1-4-7-9-11-13-15-17-19-20-21-23-25-27-29-31-33-38(40)46-36(35-45-47(41,42)44-6-3)34-43-37(39)32-30-28-26-24-22-18-16-14-12-10-8-5-2/h7,9,13,15,19-20,36H,4-6,8,10-12,14,16-18,21-35H2,1-3H3,(H,41,42)/b9-7-,15-13-,20-19-. The number of esters is 2. The number of hydrogen-bond donors (Lipinski definition) is 1. The van der Waals surface area contributed by atoms with Crippen molar-refractivity contribution in [2.75, 3.05) is 19.8 Å². The summed E-state index contributed by atoms with van der Waals surface area (Å²) >= 11 is 0. The summed E-state index contributed by atoms with van der Waals surface area (Å²) < 4.78 is 32.5. The van der Waals surface area contributed by atoms with Gasteiger partial charge in [0.05, 0.1) is 13.2 Å². The molecule has 0 saturated carbocycles. The van der Waals surface area contributed by atoms with Crippen LogP contribution in [0.2, 0.25) is 0 Å². The number of hydrogen-bond acceptors (Lipinski definition) is 7. The molecule has 0 aliphatic carbocycles. The average molecular weight is 685 g/mol. The van der Waals surface area contributed by atoms with Gasteiger partial charge in [-0.15, -0.1) is 0 Å². The monoisotopic (exact) mass is 684 g/mol. The second kappa shape index (κ2) is 34.1. The highest BCUT2D eigenvalue weighted by Gasteiger charge is 2.25. The topological polar surface area (TPSA) is 108 Å². The lowest BCUT2D eigenvalue weighted by Crippen LogP contribution is -2.29. The van der Waals surface area contributed by atoms with Gasteiger partial charge >= 0.3 is 19.8 Å². The molecule has 0 fully saturated rings. The number of ether oxygens (including phenoxy) is 2. The molecule has 0 amide bonds. The van der Waals surface area contributed by atoms with Gasteiger partial charge in [0.1, 0.15) is 6.61 Å². The van der Waals surface area contributed by atoms with E-state index >= 15 is 0 Å². The van der Waals surface area contributed by atoms with Gasteiger partial charge in [0.25, 0.3) is 0 Å². The summed E-state index contributed by atoms with van der Waals surface area (Å²) in [5.74, 6) is -0.817. The van der Waals surface area contributed by atoms with Gasteiger partial charge in [0.15, 0.2) is 6.10 Å². The fraction of sp³-hybridized carbons (Fsp3) is 0.789. The van der Waals surface area contributed by atoms with Gasteiger partial charge in [-0.2, -0.15) is 0 Å². The minimum atomic E-state index is -4.28. The number of allylic oxidation sites excluding steroid dienone is 6. The van der Waals surface area contributed by atoms with E-state index in [1.807, 2.05) is 0 Å². The Hall–Kier alpha value is -1.73. The lowest BCUT2D eigenvalue weighted by molar-refractivity contribution is -0.161. The highest BCUT2D eigenvalue weighted by Crippen LogP contribution is 2.43. The van der Waals surface area contributed by atoms with Crippen LogP contribution in [0, 0.1) is 0 Å². The molecule has 0 aliphatic rings. The number of unbranched alkanes of at least 4 members (excludes halogenated alkanes) is 16. The zero-order valence-corrected chi connectivity index (χ0v) is 31.1. The van der Waals surface area contributed by atoms with Crippen LogP contribution in [0.25, 0.3) is 0 Å². The van der Waals surface area contributed by atoms with E-state index in [9.17, 15) is 19.0 Å². The molecule has 2 atom stereocenters. The van der Waals surface area contributed by atoms with E-state index < -0.39 is 26.5 Å². The van der Waals surface area contributed by atoms with E-state index in [2.05, 4.69) is 50.3 Å². The fourth-order valence-electron chi connectivity index (χ4n) is 5.00. The van der Waals surface area contributed by atoms with Gasteiger partial charge in [-0.3, -0.25) is 18.6 Å². The van der Waals surface area contributed by atoms with Crippen LogP contribution in [0.1, 0.15) is 168 Å². The lowest BCUT2D eigenvalue weighted by Gasteiger charge is -2.19. The minimum absolute atomic E-state index is 0.00288. The summed E-state index contributed by atoms with van der Waals surface area (Å²) in [6.45, 7) is 5.32. The summed E-state index contributed by atoms with van der Waals surface area (Å²) in [4.78, 5) is 34.5. The Morgan fingerprint density at radius 2 is 1.09 bits per heavy atom. The average Bonchev–Trinajstić information content (AvgIpc) is 3.04. The van der Waals surface area contributed by atoms with Crippen molar-refractivity contribution in [2.24, 2.45) is 0 Å². The van der Waals surface area contributed by atoms with E-state index in [0.29, 0.717) is 12.8 Å². The van der Waals surface area contributed by atoms with Gasteiger partial charge in [-0.05, 0) is 51.9 Å². The molecule has 0 bridgehead atoms. The molecule has 1 N–H and O–H groups in total. The third-order valence-corrected chi connectivity index (χ3v) is 8.77. The Morgan fingerprint density at radius 3 is 1.64 bits per heavy atom. The summed E-state index contributed by atoms with van der Waals surface area (Å²) in [7, 11) is -4.28. The van der Waals surface area contributed by atoms with Crippen LogP contribution < -0.4 is 0 Å². The van der Waals surface area contributed by atoms with Crippen LogP contribution in [-0.2, 0) is 32.7 Å². The van der Waals surface area contributed by atoms with Crippen molar-refractivity contribution in [3.63, 3.8) is 0 Å². The summed E-state index contributed by atoms with van der Waals surface area (Å²) in [5.41, 5.74) is 0. The number of phosphoric acid groups is 1. The van der Waals surface area contributed by atoms with Crippen LogP contribution in [-0.4, -0.2) is 42.8 Å². The summed E-state index contributed by atoms with van der Waals surface area (Å²) in [5, 5.41) is 0. The third kappa shape index (κ3) is 33.9. The second-order valence-electron chi connectivity index (χ2n) is 12.2. The zero-order valence-electron chi connectivity index (χ0n) is 30.2. The van der Waals surface area contributed by atoms with Gasteiger partial charge in [-0.1, -0.05) is 140 Å². The third-order valence-electron chi connectivity index (χ3n) is 7.71. The first kappa shape index (κ1) is 45.3. The highest BCUT2D eigenvalue weighted by atomic mass is 31.2. The van der Waals surface area contributed by atoms with Crippen LogP contribution in [0.5, 0.6) is 0 Å². The van der Waals surface area contributed by atoms with E-state index in [-0.39, 0.29) is 25.6 Å². The van der Waals surface area contributed by atoms with Gasteiger partial charge in [-0.25, -0.2) is 4.57 Å². The van der Waals surface area contributed by atoms with E-state index in [1.54, 1.807) is 6.92 Å². The van der Waals surface area contributed by atoms with Gasteiger partial charge in [0, 0.05) is 12.8 Å². The normalized spacial score (nSPS) is 13.9. The first-order chi connectivity index (χ1) is 22.8. The van der Waals surface area contributed by atoms with Crippen LogP contribution in [0.3, 0.4) is 0 Å².